The van der Waals surface area contributed by atoms with Crippen molar-refractivity contribution in [2.45, 2.75) is 20.8 Å². The molecule has 0 radical (unpaired) electrons. The fourth-order valence-electron chi connectivity index (χ4n) is 1.93. The molecule has 1 fully saturated rings. The molecule has 5 heteroatoms. The Labute approximate surface area is 119 Å². The Bertz CT molecular complexity index is 503. The summed E-state index contributed by atoms with van der Waals surface area (Å²) in [6.45, 7) is 7.49. The van der Waals surface area contributed by atoms with E-state index in [0.717, 1.165) is 17.9 Å². The van der Waals surface area contributed by atoms with Gasteiger partial charge in [0.2, 0.25) is 11.8 Å². The fraction of sp³-hybridized carbons (Fsp3) is 0.467. The number of nitrogens with one attached hydrogen (secondary N) is 2. The van der Waals surface area contributed by atoms with Crippen molar-refractivity contribution in [1.29, 1.82) is 0 Å². The quantitative estimate of drug-likeness (QED) is 0.862. The van der Waals surface area contributed by atoms with Gasteiger partial charge in [0.1, 0.15) is 0 Å². The maximum atomic E-state index is 11.9. The summed E-state index contributed by atoms with van der Waals surface area (Å²) >= 11 is 0. The monoisotopic (exact) mass is 275 g/mol. The Morgan fingerprint density at radius 3 is 2.45 bits per heavy atom. The van der Waals surface area contributed by atoms with Crippen LogP contribution >= 0.6 is 0 Å². The lowest BCUT2D eigenvalue weighted by Gasteiger charge is -2.28. The summed E-state index contributed by atoms with van der Waals surface area (Å²) in [7, 11) is 0. The minimum absolute atomic E-state index is 0.0115. The maximum Gasteiger partial charge on any atom is 0.239 e. The van der Waals surface area contributed by atoms with E-state index in [-0.39, 0.29) is 11.8 Å². The van der Waals surface area contributed by atoms with Gasteiger partial charge in [0, 0.05) is 29.9 Å². The van der Waals surface area contributed by atoms with E-state index in [9.17, 15) is 9.59 Å². The van der Waals surface area contributed by atoms with E-state index in [2.05, 4.69) is 10.6 Å². The molecule has 0 atom stereocenters. The molecule has 0 spiro atoms. The van der Waals surface area contributed by atoms with Crippen molar-refractivity contribution < 1.29 is 9.59 Å². The van der Waals surface area contributed by atoms with E-state index in [1.165, 1.54) is 0 Å². The summed E-state index contributed by atoms with van der Waals surface area (Å²) < 4.78 is 0. The molecule has 0 bridgehead atoms. The van der Waals surface area contributed by atoms with Gasteiger partial charge in [-0.3, -0.25) is 9.59 Å². The van der Waals surface area contributed by atoms with Crippen LogP contribution in [0, 0.1) is 5.41 Å². The van der Waals surface area contributed by atoms with Crippen molar-refractivity contribution in [2.75, 3.05) is 29.9 Å². The van der Waals surface area contributed by atoms with E-state index in [0.29, 0.717) is 13.1 Å². The number of carbonyl (C=O) groups excluding carboxylic acids is 2. The fourth-order valence-corrected chi connectivity index (χ4v) is 1.93. The van der Waals surface area contributed by atoms with E-state index >= 15 is 0 Å². The van der Waals surface area contributed by atoms with Gasteiger partial charge in [0.25, 0.3) is 0 Å². The lowest BCUT2D eigenvalue weighted by molar-refractivity contribution is -0.123. The number of amides is 2. The third kappa shape index (κ3) is 3.50. The van der Waals surface area contributed by atoms with Crippen LogP contribution in [0.3, 0.4) is 0 Å². The highest BCUT2D eigenvalue weighted by atomic mass is 16.2. The summed E-state index contributed by atoms with van der Waals surface area (Å²) in [4.78, 5) is 25.3. The molecule has 2 N–H and O–H groups in total. The van der Waals surface area contributed by atoms with Crippen molar-refractivity contribution in [2.24, 2.45) is 5.41 Å². The van der Waals surface area contributed by atoms with Crippen LogP contribution in [0.5, 0.6) is 0 Å². The van der Waals surface area contributed by atoms with Gasteiger partial charge in [0.05, 0.1) is 6.54 Å². The molecular weight excluding hydrogens is 254 g/mol. The van der Waals surface area contributed by atoms with Gasteiger partial charge in [-0.2, -0.15) is 0 Å². The molecular formula is C15H21N3O2. The van der Waals surface area contributed by atoms with Crippen molar-refractivity contribution in [1.82, 2.24) is 5.32 Å². The lowest BCUT2D eigenvalue weighted by Crippen LogP contribution is -2.47. The number of piperazine rings is 1. The van der Waals surface area contributed by atoms with Crippen molar-refractivity contribution in [3.63, 3.8) is 0 Å². The van der Waals surface area contributed by atoms with Gasteiger partial charge in [0.15, 0.2) is 0 Å². The first kappa shape index (κ1) is 14.4. The molecule has 5 nitrogen and oxygen atoms in total. The summed E-state index contributed by atoms with van der Waals surface area (Å²) in [5, 5.41) is 5.68. The van der Waals surface area contributed by atoms with Gasteiger partial charge < -0.3 is 15.5 Å². The Balaban J connectivity index is 2.03. The number of benzene rings is 1. The zero-order valence-corrected chi connectivity index (χ0v) is 12.2. The van der Waals surface area contributed by atoms with E-state index < -0.39 is 5.41 Å². The first-order chi connectivity index (χ1) is 9.36. The minimum atomic E-state index is -0.413. The number of nitrogens with zero attached hydrogens (tertiary/aromatic N) is 1. The second-order valence-corrected chi connectivity index (χ2v) is 6.02. The van der Waals surface area contributed by atoms with Crippen molar-refractivity contribution >= 4 is 23.2 Å². The number of rotatable bonds is 2. The summed E-state index contributed by atoms with van der Waals surface area (Å²) in [5.41, 5.74) is 1.35. The Morgan fingerprint density at radius 2 is 1.90 bits per heavy atom. The first-order valence-electron chi connectivity index (χ1n) is 6.79. The maximum absolute atomic E-state index is 11.9. The predicted molar refractivity (Wildman–Crippen MR) is 79.7 cm³/mol. The van der Waals surface area contributed by atoms with Crippen LogP contribution in [0.1, 0.15) is 20.8 Å². The van der Waals surface area contributed by atoms with Crippen LogP contribution in [0.4, 0.5) is 11.4 Å². The average molecular weight is 275 g/mol. The normalized spacial score (nSPS) is 15.8. The number of anilines is 2. The van der Waals surface area contributed by atoms with Crippen LogP contribution in [0.25, 0.3) is 0 Å². The van der Waals surface area contributed by atoms with Gasteiger partial charge in [-0.15, -0.1) is 0 Å². The van der Waals surface area contributed by atoms with Crippen molar-refractivity contribution in [3.05, 3.63) is 24.3 Å². The average Bonchev–Trinajstić information content (AvgIpc) is 2.38. The van der Waals surface area contributed by atoms with Crippen LogP contribution in [0.2, 0.25) is 0 Å². The second kappa shape index (κ2) is 5.53. The van der Waals surface area contributed by atoms with Crippen LogP contribution in [0.15, 0.2) is 24.3 Å². The zero-order valence-electron chi connectivity index (χ0n) is 12.2. The molecule has 1 aliphatic heterocycles. The molecule has 1 saturated heterocycles. The van der Waals surface area contributed by atoms with Crippen molar-refractivity contribution in [3.8, 4) is 0 Å². The van der Waals surface area contributed by atoms with E-state index in [1.807, 2.05) is 49.9 Å². The van der Waals surface area contributed by atoms with Gasteiger partial charge in [-0.1, -0.05) is 20.8 Å². The number of hydrogen-bond donors (Lipinski definition) is 2. The molecule has 0 unspecified atom stereocenters. The van der Waals surface area contributed by atoms with Gasteiger partial charge in [-0.05, 0) is 24.3 Å². The third-order valence-corrected chi connectivity index (χ3v) is 3.21. The van der Waals surface area contributed by atoms with Crippen LogP contribution < -0.4 is 15.5 Å². The number of carbonyl (C=O) groups is 2. The highest BCUT2D eigenvalue weighted by Crippen LogP contribution is 2.21. The summed E-state index contributed by atoms with van der Waals surface area (Å²) in [6, 6.07) is 7.59. The molecule has 0 aliphatic carbocycles. The van der Waals surface area contributed by atoms with Gasteiger partial charge >= 0.3 is 0 Å². The van der Waals surface area contributed by atoms with Crippen LogP contribution in [-0.4, -0.2) is 31.4 Å². The largest absolute Gasteiger partial charge is 0.360 e. The lowest BCUT2D eigenvalue weighted by atomic mass is 9.95. The molecule has 1 aromatic carbocycles. The molecule has 108 valence electrons. The molecule has 0 aromatic heterocycles. The smallest absolute Gasteiger partial charge is 0.239 e. The summed E-state index contributed by atoms with van der Waals surface area (Å²) in [6.07, 6.45) is 0. The Hall–Kier alpha value is -2.04. The highest BCUT2D eigenvalue weighted by Gasteiger charge is 2.21. The SMILES string of the molecule is CC(C)(C)C(=O)Nc1ccc(N2CCNC(=O)C2)cc1. The molecule has 1 aliphatic rings. The Morgan fingerprint density at radius 1 is 1.25 bits per heavy atom. The standard InChI is InChI=1S/C15H21N3O2/c1-15(2,3)14(20)17-11-4-6-12(7-5-11)18-9-8-16-13(19)10-18/h4-7H,8-10H2,1-3H3,(H,16,19)(H,17,20). The molecule has 2 rings (SSSR count). The van der Waals surface area contributed by atoms with E-state index in [4.69, 9.17) is 0 Å². The topological polar surface area (TPSA) is 61.4 Å². The predicted octanol–water partition coefficient (Wildman–Crippen LogP) is 1.61. The summed E-state index contributed by atoms with van der Waals surface area (Å²) in [5.74, 6) is 0.0314. The third-order valence-electron chi connectivity index (χ3n) is 3.21. The van der Waals surface area contributed by atoms with Gasteiger partial charge in [-0.25, -0.2) is 0 Å². The zero-order chi connectivity index (χ0) is 14.8. The van der Waals surface area contributed by atoms with E-state index in [1.54, 1.807) is 0 Å². The Kier molecular flexibility index (Phi) is 3.97. The second-order valence-electron chi connectivity index (χ2n) is 6.02. The van der Waals surface area contributed by atoms with Crippen LogP contribution in [-0.2, 0) is 9.59 Å². The minimum Gasteiger partial charge on any atom is -0.360 e. The molecule has 1 heterocycles. The molecule has 0 saturated carbocycles. The molecule has 20 heavy (non-hydrogen) atoms. The highest BCUT2D eigenvalue weighted by molar-refractivity contribution is 5.94. The first-order valence-corrected chi connectivity index (χ1v) is 6.79. The molecule has 1 aromatic rings. The number of hydrogen-bond acceptors (Lipinski definition) is 3. The molecule has 2 amide bonds.